The summed E-state index contributed by atoms with van der Waals surface area (Å²) in [5.74, 6) is 0.496. The van der Waals surface area contributed by atoms with Gasteiger partial charge >= 0.3 is 0 Å². The molecule has 0 spiro atoms. The molecule has 3 rings (SSSR count). The van der Waals surface area contributed by atoms with Crippen molar-refractivity contribution in [2.45, 2.75) is 13.8 Å². The molecule has 1 aromatic heterocycles. The molecule has 0 atom stereocenters. The highest BCUT2D eigenvalue weighted by Crippen LogP contribution is 2.33. The van der Waals surface area contributed by atoms with Gasteiger partial charge in [0.25, 0.3) is 0 Å². The van der Waals surface area contributed by atoms with Crippen LogP contribution in [-0.2, 0) is 0 Å². The summed E-state index contributed by atoms with van der Waals surface area (Å²) < 4.78 is 5.82. The fraction of sp³-hybridized carbons (Fsp3) is 0.133. The average Bonchev–Trinajstić information content (AvgIpc) is 2.76. The Morgan fingerprint density at radius 2 is 1.84 bits per heavy atom. The van der Waals surface area contributed by atoms with Crippen molar-refractivity contribution < 1.29 is 4.42 Å². The van der Waals surface area contributed by atoms with Gasteiger partial charge in [-0.25, -0.2) is 4.98 Å². The largest absolute Gasteiger partial charge is 0.436 e. The molecule has 0 fully saturated rings. The first kappa shape index (κ1) is 12.5. The highest BCUT2D eigenvalue weighted by Gasteiger charge is 2.13. The Morgan fingerprint density at radius 3 is 2.63 bits per heavy atom. The monoisotopic (exact) mass is 291 g/mol. The summed E-state index contributed by atoms with van der Waals surface area (Å²) in [5.41, 5.74) is 4.55. The lowest BCUT2D eigenvalue weighted by atomic mass is 10.1. The number of nitrogens with zero attached hydrogens (tertiary/aromatic N) is 1. The normalized spacial score (nSPS) is 11.2. The number of rotatable bonds is 1. The van der Waals surface area contributed by atoms with Crippen LogP contribution in [0, 0.1) is 13.8 Å². The lowest BCUT2D eigenvalue weighted by molar-refractivity contribution is 0.617. The zero-order valence-corrected chi connectivity index (χ0v) is 12.0. The standard InChI is InChI=1S/C15H11Cl2NO/c1-8-5-9(2)14-13(6-8)18-15(19-14)11-7-10(16)3-4-12(11)17/h3-7H,1-2H3. The summed E-state index contributed by atoms with van der Waals surface area (Å²) in [4.78, 5) is 4.50. The predicted octanol–water partition coefficient (Wildman–Crippen LogP) is 5.42. The second-order valence-electron chi connectivity index (χ2n) is 4.57. The number of aryl methyl sites for hydroxylation is 2. The molecule has 1 heterocycles. The van der Waals surface area contributed by atoms with Crippen molar-refractivity contribution in [3.8, 4) is 11.5 Å². The predicted molar refractivity (Wildman–Crippen MR) is 78.9 cm³/mol. The van der Waals surface area contributed by atoms with Gasteiger partial charge in [-0.1, -0.05) is 29.3 Å². The molecule has 0 aliphatic heterocycles. The first-order valence-electron chi connectivity index (χ1n) is 5.88. The number of fused-ring (bicyclic) bond motifs is 1. The maximum Gasteiger partial charge on any atom is 0.228 e. The van der Waals surface area contributed by atoms with Crippen molar-refractivity contribution in [1.82, 2.24) is 4.98 Å². The molecule has 0 radical (unpaired) electrons. The van der Waals surface area contributed by atoms with E-state index in [0.717, 1.165) is 22.2 Å². The van der Waals surface area contributed by atoms with Crippen LogP contribution < -0.4 is 0 Å². The Morgan fingerprint density at radius 1 is 1.05 bits per heavy atom. The fourth-order valence-corrected chi connectivity index (χ4v) is 2.52. The number of hydrogen-bond acceptors (Lipinski definition) is 2. The van der Waals surface area contributed by atoms with Crippen LogP contribution in [0.25, 0.3) is 22.6 Å². The smallest absolute Gasteiger partial charge is 0.228 e. The van der Waals surface area contributed by atoms with Crippen LogP contribution in [0.1, 0.15) is 11.1 Å². The molecule has 19 heavy (non-hydrogen) atoms. The Labute approximate surface area is 121 Å². The second kappa shape index (κ2) is 4.55. The van der Waals surface area contributed by atoms with Crippen molar-refractivity contribution in [3.05, 3.63) is 51.5 Å². The van der Waals surface area contributed by atoms with E-state index in [-0.39, 0.29) is 0 Å². The highest BCUT2D eigenvalue weighted by molar-refractivity contribution is 6.35. The van der Waals surface area contributed by atoms with Crippen molar-refractivity contribution in [2.24, 2.45) is 0 Å². The fourth-order valence-electron chi connectivity index (χ4n) is 2.15. The summed E-state index contributed by atoms with van der Waals surface area (Å²) in [6, 6.07) is 9.30. The molecule has 0 amide bonds. The number of oxazole rings is 1. The van der Waals surface area contributed by atoms with E-state index in [1.165, 1.54) is 0 Å². The van der Waals surface area contributed by atoms with Gasteiger partial charge in [-0.15, -0.1) is 0 Å². The van der Waals surface area contributed by atoms with E-state index < -0.39 is 0 Å². The van der Waals surface area contributed by atoms with E-state index in [2.05, 4.69) is 11.1 Å². The van der Waals surface area contributed by atoms with Crippen molar-refractivity contribution in [3.63, 3.8) is 0 Å². The van der Waals surface area contributed by atoms with Gasteiger partial charge in [0.1, 0.15) is 5.52 Å². The van der Waals surface area contributed by atoms with E-state index in [1.807, 2.05) is 19.9 Å². The van der Waals surface area contributed by atoms with Crippen LogP contribution in [0.5, 0.6) is 0 Å². The van der Waals surface area contributed by atoms with Gasteiger partial charge in [-0.2, -0.15) is 0 Å². The molecule has 0 N–H and O–H groups in total. The van der Waals surface area contributed by atoms with E-state index >= 15 is 0 Å². The maximum atomic E-state index is 6.17. The van der Waals surface area contributed by atoms with E-state index in [1.54, 1.807) is 18.2 Å². The molecule has 2 aromatic carbocycles. The number of halogens is 2. The number of aromatic nitrogens is 1. The van der Waals surface area contributed by atoms with Crippen molar-refractivity contribution >= 4 is 34.3 Å². The Hall–Kier alpha value is -1.51. The molecule has 0 aliphatic rings. The summed E-state index contributed by atoms with van der Waals surface area (Å²) >= 11 is 12.2. The third-order valence-corrected chi connectivity index (χ3v) is 3.54. The molecule has 0 aliphatic carbocycles. The van der Waals surface area contributed by atoms with Gasteiger partial charge in [0, 0.05) is 5.02 Å². The van der Waals surface area contributed by atoms with Gasteiger partial charge in [-0.05, 0) is 49.2 Å². The summed E-state index contributed by atoms with van der Waals surface area (Å²) in [7, 11) is 0. The van der Waals surface area contributed by atoms with Crippen LogP contribution in [0.4, 0.5) is 0 Å². The molecule has 0 bridgehead atoms. The number of benzene rings is 2. The summed E-state index contributed by atoms with van der Waals surface area (Å²) in [6.45, 7) is 4.04. The third kappa shape index (κ3) is 2.22. The quantitative estimate of drug-likeness (QED) is 0.598. The van der Waals surface area contributed by atoms with E-state index in [9.17, 15) is 0 Å². The minimum Gasteiger partial charge on any atom is -0.436 e. The number of hydrogen-bond donors (Lipinski definition) is 0. The minimum atomic E-state index is 0.496. The molecule has 0 unspecified atom stereocenters. The van der Waals surface area contributed by atoms with Crippen LogP contribution in [0.3, 0.4) is 0 Å². The third-order valence-electron chi connectivity index (χ3n) is 2.98. The lowest BCUT2D eigenvalue weighted by Crippen LogP contribution is -1.79. The Kier molecular flexibility index (Phi) is 3.00. The van der Waals surface area contributed by atoms with Gasteiger partial charge < -0.3 is 4.42 Å². The van der Waals surface area contributed by atoms with Crippen LogP contribution in [0.15, 0.2) is 34.7 Å². The van der Waals surface area contributed by atoms with Gasteiger partial charge in [-0.3, -0.25) is 0 Å². The highest BCUT2D eigenvalue weighted by atomic mass is 35.5. The summed E-state index contributed by atoms with van der Waals surface area (Å²) in [6.07, 6.45) is 0. The molecular weight excluding hydrogens is 281 g/mol. The second-order valence-corrected chi connectivity index (χ2v) is 5.42. The zero-order chi connectivity index (χ0) is 13.6. The first-order valence-corrected chi connectivity index (χ1v) is 6.63. The molecule has 0 saturated heterocycles. The van der Waals surface area contributed by atoms with Gasteiger partial charge in [0.15, 0.2) is 5.58 Å². The first-order chi connectivity index (χ1) is 9.04. The summed E-state index contributed by atoms with van der Waals surface area (Å²) in [5, 5.41) is 1.18. The topological polar surface area (TPSA) is 26.0 Å². The molecule has 0 saturated carbocycles. The van der Waals surface area contributed by atoms with Gasteiger partial charge in [0.2, 0.25) is 5.89 Å². The lowest BCUT2D eigenvalue weighted by Gasteiger charge is -1.99. The van der Waals surface area contributed by atoms with Crippen molar-refractivity contribution in [2.75, 3.05) is 0 Å². The minimum absolute atomic E-state index is 0.496. The molecule has 96 valence electrons. The zero-order valence-electron chi connectivity index (χ0n) is 10.5. The molecular formula is C15H11Cl2NO. The molecule has 4 heteroatoms. The van der Waals surface area contributed by atoms with Crippen LogP contribution in [0.2, 0.25) is 10.0 Å². The van der Waals surface area contributed by atoms with Crippen LogP contribution >= 0.6 is 23.2 Å². The Balaban J connectivity index is 2.26. The SMILES string of the molecule is Cc1cc(C)c2oc(-c3cc(Cl)ccc3Cl)nc2c1. The molecule has 3 aromatic rings. The van der Waals surface area contributed by atoms with E-state index in [0.29, 0.717) is 21.5 Å². The average molecular weight is 292 g/mol. The van der Waals surface area contributed by atoms with Crippen molar-refractivity contribution in [1.29, 1.82) is 0 Å². The Bertz CT molecular complexity index is 777. The van der Waals surface area contributed by atoms with E-state index in [4.69, 9.17) is 27.6 Å². The van der Waals surface area contributed by atoms with Gasteiger partial charge in [0.05, 0.1) is 10.6 Å². The molecule has 2 nitrogen and oxygen atoms in total. The van der Waals surface area contributed by atoms with Crippen LogP contribution in [-0.4, -0.2) is 4.98 Å². The maximum absolute atomic E-state index is 6.17.